The summed E-state index contributed by atoms with van der Waals surface area (Å²) in [5.41, 5.74) is 1.01. The number of phenols is 1. The third-order valence-corrected chi connectivity index (χ3v) is 2.42. The zero-order valence-corrected chi connectivity index (χ0v) is 9.90. The maximum atomic E-state index is 9.45. The summed E-state index contributed by atoms with van der Waals surface area (Å²) in [5, 5.41) is 21.8. The second-order valence-corrected chi connectivity index (χ2v) is 3.91. The molecule has 0 heterocycles. The lowest BCUT2D eigenvalue weighted by molar-refractivity contribution is 0.187. The summed E-state index contributed by atoms with van der Waals surface area (Å²) >= 11 is 0. The van der Waals surface area contributed by atoms with Crippen molar-refractivity contribution in [2.75, 3.05) is 13.7 Å². The van der Waals surface area contributed by atoms with Gasteiger partial charge in [-0.2, -0.15) is 0 Å². The monoisotopic (exact) mass is 225 g/mol. The Bertz CT molecular complexity index is 339. The zero-order valence-electron chi connectivity index (χ0n) is 9.90. The minimum Gasteiger partial charge on any atom is -0.504 e. The van der Waals surface area contributed by atoms with E-state index in [-0.39, 0.29) is 17.9 Å². The number of aromatic hydroxyl groups is 1. The van der Waals surface area contributed by atoms with Crippen LogP contribution in [0.5, 0.6) is 11.5 Å². The fraction of sp³-hybridized carbons (Fsp3) is 0.500. The lowest BCUT2D eigenvalue weighted by Crippen LogP contribution is -2.27. The van der Waals surface area contributed by atoms with E-state index in [1.54, 1.807) is 19.1 Å². The van der Waals surface area contributed by atoms with Crippen molar-refractivity contribution in [1.82, 2.24) is 5.32 Å². The average Bonchev–Trinajstić information content (AvgIpc) is 2.26. The number of hydrogen-bond acceptors (Lipinski definition) is 4. The Morgan fingerprint density at radius 2 is 2.06 bits per heavy atom. The van der Waals surface area contributed by atoms with Crippen molar-refractivity contribution in [3.8, 4) is 11.5 Å². The third kappa shape index (κ3) is 3.40. The fourth-order valence-electron chi connectivity index (χ4n) is 1.43. The van der Waals surface area contributed by atoms with E-state index in [9.17, 15) is 5.11 Å². The fourth-order valence-corrected chi connectivity index (χ4v) is 1.43. The number of nitrogens with one attached hydrogen (secondary N) is 1. The van der Waals surface area contributed by atoms with Crippen LogP contribution in [0.3, 0.4) is 0 Å². The van der Waals surface area contributed by atoms with Crippen LogP contribution in [-0.2, 0) is 0 Å². The molecule has 16 heavy (non-hydrogen) atoms. The standard InChI is InChI=1S/C12H19NO3/c1-8(14)7-13-9(2)10-4-5-11(15)12(6-10)16-3/h4-6,8-9,13-15H,7H2,1-3H3. The predicted octanol–water partition coefficient (Wildman–Crippen LogP) is 1.43. The van der Waals surface area contributed by atoms with E-state index in [1.807, 2.05) is 13.0 Å². The SMILES string of the molecule is COc1cc(C(C)NCC(C)O)ccc1O. The number of hydrogen-bond donors (Lipinski definition) is 3. The maximum absolute atomic E-state index is 9.45. The highest BCUT2D eigenvalue weighted by atomic mass is 16.5. The van der Waals surface area contributed by atoms with E-state index in [0.29, 0.717) is 12.3 Å². The molecule has 0 aliphatic heterocycles. The van der Waals surface area contributed by atoms with Gasteiger partial charge in [0.2, 0.25) is 0 Å². The van der Waals surface area contributed by atoms with Gasteiger partial charge in [0.25, 0.3) is 0 Å². The van der Waals surface area contributed by atoms with Crippen LogP contribution in [-0.4, -0.2) is 30.0 Å². The number of benzene rings is 1. The number of aliphatic hydroxyl groups is 1. The van der Waals surface area contributed by atoms with Gasteiger partial charge in [-0.1, -0.05) is 6.07 Å². The molecule has 0 aliphatic rings. The van der Waals surface area contributed by atoms with Gasteiger partial charge in [0.1, 0.15) is 0 Å². The minimum absolute atomic E-state index is 0.101. The summed E-state index contributed by atoms with van der Waals surface area (Å²) in [7, 11) is 1.52. The van der Waals surface area contributed by atoms with Crippen molar-refractivity contribution in [1.29, 1.82) is 0 Å². The summed E-state index contributed by atoms with van der Waals surface area (Å²) in [6.07, 6.45) is -0.374. The molecule has 0 aliphatic carbocycles. The molecule has 1 aromatic carbocycles. The number of aliphatic hydroxyl groups excluding tert-OH is 1. The lowest BCUT2D eigenvalue weighted by atomic mass is 10.1. The highest BCUT2D eigenvalue weighted by molar-refractivity contribution is 5.42. The summed E-state index contributed by atoms with van der Waals surface area (Å²) in [4.78, 5) is 0. The smallest absolute Gasteiger partial charge is 0.160 e. The van der Waals surface area contributed by atoms with Crippen molar-refractivity contribution in [3.63, 3.8) is 0 Å². The maximum Gasteiger partial charge on any atom is 0.160 e. The summed E-state index contributed by atoms with van der Waals surface area (Å²) in [5.74, 6) is 0.595. The minimum atomic E-state index is -0.374. The van der Waals surface area contributed by atoms with Gasteiger partial charge < -0.3 is 20.3 Å². The van der Waals surface area contributed by atoms with Crippen LogP contribution in [0.4, 0.5) is 0 Å². The van der Waals surface area contributed by atoms with E-state index >= 15 is 0 Å². The summed E-state index contributed by atoms with van der Waals surface area (Å²) in [6, 6.07) is 5.32. The Morgan fingerprint density at radius 3 is 2.62 bits per heavy atom. The first-order valence-corrected chi connectivity index (χ1v) is 5.33. The molecule has 90 valence electrons. The average molecular weight is 225 g/mol. The van der Waals surface area contributed by atoms with Crippen LogP contribution in [0.15, 0.2) is 18.2 Å². The van der Waals surface area contributed by atoms with Gasteiger partial charge in [0.15, 0.2) is 11.5 Å². The van der Waals surface area contributed by atoms with Crippen molar-refractivity contribution in [2.45, 2.75) is 26.0 Å². The van der Waals surface area contributed by atoms with E-state index in [1.165, 1.54) is 7.11 Å². The molecule has 0 amide bonds. The Kier molecular flexibility index (Phi) is 4.58. The van der Waals surface area contributed by atoms with E-state index in [4.69, 9.17) is 9.84 Å². The van der Waals surface area contributed by atoms with Gasteiger partial charge in [-0.3, -0.25) is 0 Å². The molecule has 0 spiro atoms. The molecule has 0 saturated heterocycles. The highest BCUT2D eigenvalue weighted by Gasteiger charge is 2.09. The molecule has 0 fully saturated rings. The quantitative estimate of drug-likeness (QED) is 0.709. The van der Waals surface area contributed by atoms with Crippen LogP contribution in [0, 0.1) is 0 Å². The Labute approximate surface area is 95.9 Å². The molecule has 3 N–H and O–H groups in total. The van der Waals surface area contributed by atoms with E-state index in [2.05, 4.69) is 5.32 Å². The van der Waals surface area contributed by atoms with Crippen molar-refractivity contribution in [3.05, 3.63) is 23.8 Å². The zero-order chi connectivity index (χ0) is 12.1. The van der Waals surface area contributed by atoms with Gasteiger partial charge in [-0.05, 0) is 31.5 Å². The predicted molar refractivity (Wildman–Crippen MR) is 62.8 cm³/mol. The van der Waals surface area contributed by atoms with Gasteiger partial charge in [-0.15, -0.1) is 0 Å². The van der Waals surface area contributed by atoms with Gasteiger partial charge >= 0.3 is 0 Å². The van der Waals surface area contributed by atoms with E-state index in [0.717, 1.165) is 5.56 Å². The molecule has 0 saturated carbocycles. The molecule has 4 nitrogen and oxygen atoms in total. The van der Waals surface area contributed by atoms with Crippen LogP contribution < -0.4 is 10.1 Å². The molecule has 1 aromatic rings. The molecule has 2 unspecified atom stereocenters. The van der Waals surface area contributed by atoms with Crippen LogP contribution in [0.2, 0.25) is 0 Å². The molecule has 1 rings (SSSR count). The summed E-state index contributed by atoms with van der Waals surface area (Å²) in [6.45, 7) is 4.26. The molecule has 0 bridgehead atoms. The van der Waals surface area contributed by atoms with Gasteiger partial charge in [0, 0.05) is 12.6 Å². The van der Waals surface area contributed by atoms with Crippen molar-refractivity contribution < 1.29 is 14.9 Å². The van der Waals surface area contributed by atoms with Crippen molar-refractivity contribution in [2.24, 2.45) is 0 Å². The molecule has 0 radical (unpaired) electrons. The van der Waals surface area contributed by atoms with E-state index < -0.39 is 0 Å². The van der Waals surface area contributed by atoms with Gasteiger partial charge in [0.05, 0.1) is 13.2 Å². The number of methoxy groups -OCH3 is 1. The number of phenolic OH excluding ortho intramolecular Hbond substituents is 1. The van der Waals surface area contributed by atoms with Crippen molar-refractivity contribution >= 4 is 0 Å². The van der Waals surface area contributed by atoms with Gasteiger partial charge in [-0.25, -0.2) is 0 Å². The number of ether oxygens (including phenoxy) is 1. The third-order valence-electron chi connectivity index (χ3n) is 2.42. The Morgan fingerprint density at radius 1 is 1.38 bits per heavy atom. The topological polar surface area (TPSA) is 61.7 Å². The van der Waals surface area contributed by atoms with Crippen LogP contribution >= 0.6 is 0 Å². The largest absolute Gasteiger partial charge is 0.504 e. The first-order valence-electron chi connectivity index (χ1n) is 5.33. The molecule has 0 aromatic heterocycles. The molecule has 4 heteroatoms. The Hall–Kier alpha value is -1.26. The molecular formula is C12H19NO3. The summed E-state index contributed by atoms with van der Waals surface area (Å²) < 4.78 is 5.03. The second kappa shape index (κ2) is 5.72. The van der Waals surface area contributed by atoms with Crippen LogP contribution in [0.1, 0.15) is 25.5 Å². The second-order valence-electron chi connectivity index (χ2n) is 3.91. The molecule has 2 atom stereocenters. The molecular weight excluding hydrogens is 206 g/mol. The first kappa shape index (κ1) is 12.8. The Balaban J connectivity index is 2.72. The van der Waals surface area contributed by atoms with Crippen LogP contribution in [0.25, 0.3) is 0 Å². The normalized spacial score (nSPS) is 14.5. The number of rotatable bonds is 5. The first-order chi connectivity index (χ1) is 7.54. The lowest BCUT2D eigenvalue weighted by Gasteiger charge is -2.16. The highest BCUT2D eigenvalue weighted by Crippen LogP contribution is 2.28.